The molecule has 1 fully saturated rings. The van der Waals surface area contributed by atoms with E-state index < -0.39 is 23.4 Å². The highest BCUT2D eigenvalue weighted by molar-refractivity contribution is 5.96. The molecule has 0 unspecified atom stereocenters. The van der Waals surface area contributed by atoms with E-state index in [4.69, 9.17) is 5.11 Å². The van der Waals surface area contributed by atoms with Gasteiger partial charge in [-0.25, -0.2) is 4.98 Å². The molecule has 28 heavy (non-hydrogen) atoms. The first-order valence-corrected chi connectivity index (χ1v) is 9.29. The van der Waals surface area contributed by atoms with Gasteiger partial charge in [0.25, 0.3) is 11.5 Å². The second-order valence-corrected chi connectivity index (χ2v) is 8.28. The molecule has 0 spiro atoms. The third-order valence-corrected chi connectivity index (χ3v) is 4.94. The minimum absolute atomic E-state index is 0.0760. The summed E-state index contributed by atoms with van der Waals surface area (Å²) in [6.45, 7) is 7.83. The second kappa shape index (κ2) is 8.12. The molecule has 2 N–H and O–H groups in total. The van der Waals surface area contributed by atoms with Crippen LogP contribution < -0.4 is 5.56 Å². The van der Waals surface area contributed by atoms with Crippen molar-refractivity contribution in [1.29, 1.82) is 0 Å². The van der Waals surface area contributed by atoms with Crippen LogP contribution in [-0.4, -0.2) is 69.3 Å². The molecule has 1 aliphatic rings. The Hall–Kier alpha value is -2.71. The SMILES string of the molecule is Cc1nc(C(C)(C)C)[nH]c(=O)c1C(=O)N(C)CC(=O)N1CCC(C(=O)O)CC1. The summed E-state index contributed by atoms with van der Waals surface area (Å²) in [6, 6.07) is 0. The normalized spacial score (nSPS) is 15.4. The number of piperidine rings is 1. The van der Waals surface area contributed by atoms with Crippen molar-refractivity contribution in [2.24, 2.45) is 5.92 Å². The number of hydrogen-bond donors (Lipinski definition) is 2. The number of hydrogen-bond acceptors (Lipinski definition) is 5. The van der Waals surface area contributed by atoms with Crippen LogP contribution in [0.2, 0.25) is 0 Å². The van der Waals surface area contributed by atoms with Gasteiger partial charge < -0.3 is 19.9 Å². The zero-order valence-corrected chi connectivity index (χ0v) is 17.0. The lowest BCUT2D eigenvalue weighted by molar-refractivity contribution is -0.145. The summed E-state index contributed by atoms with van der Waals surface area (Å²) in [5, 5.41) is 9.03. The Morgan fingerprint density at radius 2 is 1.82 bits per heavy atom. The smallest absolute Gasteiger partial charge is 0.306 e. The van der Waals surface area contributed by atoms with Crippen molar-refractivity contribution in [1.82, 2.24) is 19.8 Å². The number of aryl methyl sites for hydroxylation is 1. The van der Waals surface area contributed by atoms with E-state index >= 15 is 0 Å². The Bertz CT molecular complexity index is 832. The zero-order valence-electron chi connectivity index (χ0n) is 17.0. The maximum Gasteiger partial charge on any atom is 0.306 e. The predicted molar refractivity (Wildman–Crippen MR) is 102 cm³/mol. The van der Waals surface area contributed by atoms with Crippen LogP contribution in [0.3, 0.4) is 0 Å². The van der Waals surface area contributed by atoms with Crippen molar-refractivity contribution in [3.8, 4) is 0 Å². The molecule has 0 bridgehead atoms. The van der Waals surface area contributed by atoms with Gasteiger partial charge in [-0.3, -0.25) is 19.2 Å². The van der Waals surface area contributed by atoms with Crippen LogP contribution >= 0.6 is 0 Å². The minimum Gasteiger partial charge on any atom is -0.481 e. The van der Waals surface area contributed by atoms with E-state index in [1.807, 2.05) is 20.8 Å². The van der Waals surface area contributed by atoms with Crippen molar-refractivity contribution in [2.75, 3.05) is 26.7 Å². The van der Waals surface area contributed by atoms with Gasteiger partial charge in [-0.15, -0.1) is 0 Å². The summed E-state index contributed by atoms with van der Waals surface area (Å²) >= 11 is 0. The maximum absolute atomic E-state index is 12.7. The van der Waals surface area contributed by atoms with Gasteiger partial charge in [0, 0.05) is 25.6 Å². The number of rotatable bonds is 4. The molecule has 0 saturated carbocycles. The van der Waals surface area contributed by atoms with Crippen LogP contribution in [0.5, 0.6) is 0 Å². The van der Waals surface area contributed by atoms with Crippen molar-refractivity contribution in [2.45, 2.75) is 46.0 Å². The molecule has 1 aromatic rings. The van der Waals surface area contributed by atoms with Crippen molar-refractivity contribution < 1.29 is 19.5 Å². The van der Waals surface area contributed by atoms with E-state index in [1.165, 1.54) is 11.9 Å². The molecule has 1 saturated heterocycles. The summed E-state index contributed by atoms with van der Waals surface area (Å²) < 4.78 is 0. The Kier molecular flexibility index (Phi) is 6.26. The van der Waals surface area contributed by atoms with E-state index in [1.54, 1.807) is 11.8 Å². The molecule has 0 radical (unpaired) electrons. The Balaban J connectivity index is 2.08. The molecule has 2 heterocycles. The molecular formula is C19H28N4O5. The largest absolute Gasteiger partial charge is 0.481 e. The van der Waals surface area contributed by atoms with E-state index in [0.717, 1.165) is 0 Å². The predicted octanol–water partition coefficient (Wildman–Crippen LogP) is 0.771. The topological polar surface area (TPSA) is 124 Å². The third kappa shape index (κ3) is 4.76. The average Bonchev–Trinajstić information content (AvgIpc) is 2.60. The molecule has 9 nitrogen and oxygen atoms in total. The lowest BCUT2D eigenvalue weighted by Crippen LogP contribution is -2.46. The molecule has 2 rings (SSSR count). The first-order valence-electron chi connectivity index (χ1n) is 9.29. The van der Waals surface area contributed by atoms with E-state index in [2.05, 4.69) is 9.97 Å². The first-order chi connectivity index (χ1) is 12.9. The van der Waals surface area contributed by atoms with Gasteiger partial charge in [-0.1, -0.05) is 20.8 Å². The quantitative estimate of drug-likeness (QED) is 0.780. The molecule has 1 aromatic heterocycles. The average molecular weight is 392 g/mol. The van der Waals surface area contributed by atoms with Gasteiger partial charge in [-0.05, 0) is 19.8 Å². The zero-order chi connectivity index (χ0) is 21.2. The number of carbonyl (C=O) groups excluding carboxylic acids is 2. The van der Waals surface area contributed by atoms with Gasteiger partial charge in [0.2, 0.25) is 5.91 Å². The van der Waals surface area contributed by atoms with Crippen molar-refractivity contribution >= 4 is 17.8 Å². The highest BCUT2D eigenvalue weighted by Crippen LogP contribution is 2.19. The number of aliphatic carboxylic acids is 1. The lowest BCUT2D eigenvalue weighted by Gasteiger charge is -2.31. The van der Waals surface area contributed by atoms with Crippen molar-refractivity contribution in [3.63, 3.8) is 0 Å². The van der Waals surface area contributed by atoms with E-state index in [9.17, 15) is 19.2 Å². The van der Waals surface area contributed by atoms with Gasteiger partial charge in [0.05, 0.1) is 18.2 Å². The summed E-state index contributed by atoms with van der Waals surface area (Å²) in [5.74, 6) is -1.63. The second-order valence-electron chi connectivity index (χ2n) is 8.28. The number of aromatic amines is 1. The fourth-order valence-electron chi connectivity index (χ4n) is 3.13. The third-order valence-electron chi connectivity index (χ3n) is 4.94. The van der Waals surface area contributed by atoms with Crippen molar-refractivity contribution in [3.05, 3.63) is 27.4 Å². The fraction of sp³-hybridized carbons (Fsp3) is 0.632. The van der Waals surface area contributed by atoms with Crippen LogP contribution in [0.4, 0.5) is 0 Å². The Morgan fingerprint density at radius 3 is 2.29 bits per heavy atom. The molecular weight excluding hydrogens is 364 g/mol. The number of nitrogens with zero attached hydrogens (tertiary/aromatic N) is 3. The van der Waals surface area contributed by atoms with Gasteiger partial charge in [0.1, 0.15) is 11.4 Å². The van der Waals surface area contributed by atoms with Crippen LogP contribution in [0.1, 0.15) is 55.5 Å². The molecule has 9 heteroatoms. The number of carboxylic acids is 1. The van der Waals surface area contributed by atoms with Gasteiger partial charge >= 0.3 is 5.97 Å². The van der Waals surface area contributed by atoms with Gasteiger partial charge in [0.15, 0.2) is 0 Å². The Morgan fingerprint density at radius 1 is 1.25 bits per heavy atom. The number of nitrogens with one attached hydrogen (secondary N) is 1. The lowest BCUT2D eigenvalue weighted by atomic mass is 9.95. The van der Waals surface area contributed by atoms with Crippen LogP contribution in [-0.2, 0) is 15.0 Å². The first kappa shape index (κ1) is 21.6. The number of aromatic nitrogens is 2. The van der Waals surface area contributed by atoms with E-state index in [0.29, 0.717) is 37.4 Å². The number of carboxylic acid groups (broad SMARTS) is 1. The van der Waals surface area contributed by atoms with Crippen LogP contribution in [0.15, 0.2) is 4.79 Å². The summed E-state index contributed by atoms with van der Waals surface area (Å²) in [7, 11) is 1.46. The van der Waals surface area contributed by atoms with Gasteiger partial charge in [-0.2, -0.15) is 0 Å². The molecule has 0 aliphatic carbocycles. The summed E-state index contributed by atoms with van der Waals surface area (Å²) in [4.78, 5) is 58.4. The van der Waals surface area contributed by atoms with E-state index in [-0.39, 0.29) is 23.4 Å². The number of likely N-dealkylation sites (tertiary alicyclic amines) is 1. The standard InChI is InChI=1S/C19H28N4O5/c1-11-14(15(25)21-18(20-11)19(2,3)4)16(26)22(5)10-13(24)23-8-6-12(7-9-23)17(27)28/h12H,6-10H2,1-5H3,(H,27,28)(H,20,21,25). The molecule has 0 atom stereocenters. The number of likely N-dealkylation sites (N-methyl/N-ethyl adjacent to an activating group) is 1. The molecule has 154 valence electrons. The highest BCUT2D eigenvalue weighted by atomic mass is 16.4. The minimum atomic E-state index is -0.847. The summed E-state index contributed by atoms with van der Waals surface area (Å²) in [6.07, 6.45) is 0.797. The molecule has 0 aromatic carbocycles. The van der Waals surface area contributed by atoms with Crippen LogP contribution in [0.25, 0.3) is 0 Å². The maximum atomic E-state index is 12.7. The monoisotopic (exact) mass is 392 g/mol. The molecule has 2 amide bonds. The number of H-pyrrole nitrogens is 1. The van der Waals surface area contributed by atoms with Crippen LogP contribution in [0, 0.1) is 12.8 Å². The number of carbonyl (C=O) groups is 3. The Labute approximate surface area is 163 Å². The molecule has 1 aliphatic heterocycles. The summed E-state index contributed by atoms with van der Waals surface area (Å²) in [5.41, 5.74) is -0.646. The number of amides is 2. The fourth-order valence-corrected chi connectivity index (χ4v) is 3.13. The highest BCUT2D eigenvalue weighted by Gasteiger charge is 2.29.